The first kappa shape index (κ1) is 17.0. The van der Waals surface area contributed by atoms with E-state index >= 15 is 0 Å². The Kier molecular flexibility index (Phi) is 6.01. The molecule has 0 aliphatic rings. The van der Waals surface area contributed by atoms with Crippen molar-refractivity contribution >= 4 is 21.8 Å². The van der Waals surface area contributed by atoms with Crippen LogP contribution in [0.25, 0.3) is 0 Å². The second-order valence-electron chi connectivity index (χ2n) is 4.36. The lowest BCUT2D eigenvalue weighted by Gasteiger charge is -2.14. The van der Waals surface area contributed by atoms with Crippen LogP contribution in [0, 0.1) is 0 Å². The van der Waals surface area contributed by atoms with Gasteiger partial charge in [0.25, 0.3) is 5.91 Å². The Bertz CT molecular complexity index is 475. The highest BCUT2D eigenvalue weighted by Crippen LogP contribution is 2.33. The van der Waals surface area contributed by atoms with E-state index in [0.29, 0.717) is 0 Å². The molecular weight excluding hydrogens is 339 g/mol. The van der Waals surface area contributed by atoms with E-state index in [4.69, 9.17) is 4.74 Å². The minimum Gasteiger partial charge on any atom is -0.377 e. The van der Waals surface area contributed by atoms with Gasteiger partial charge in [0.2, 0.25) is 0 Å². The molecule has 0 saturated carbocycles. The summed E-state index contributed by atoms with van der Waals surface area (Å²) < 4.78 is 44.0. The molecule has 1 aromatic carbocycles. The van der Waals surface area contributed by atoms with E-state index in [0.717, 1.165) is 12.1 Å². The fourth-order valence-corrected chi connectivity index (χ4v) is 1.86. The first-order valence-electron chi connectivity index (χ1n) is 5.98. The van der Waals surface area contributed by atoms with E-state index in [1.165, 1.54) is 6.07 Å². The van der Waals surface area contributed by atoms with Crippen LogP contribution in [-0.2, 0) is 10.9 Å². The highest BCUT2D eigenvalue weighted by molar-refractivity contribution is 9.10. The van der Waals surface area contributed by atoms with Gasteiger partial charge in [-0.05, 0) is 32.0 Å². The molecule has 0 atom stereocenters. The number of benzene rings is 1. The van der Waals surface area contributed by atoms with Gasteiger partial charge in [-0.2, -0.15) is 13.2 Å². The van der Waals surface area contributed by atoms with Gasteiger partial charge >= 0.3 is 6.18 Å². The van der Waals surface area contributed by atoms with Gasteiger partial charge in [-0.25, -0.2) is 0 Å². The van der Waals surface area contributed by atoms with Crippen LogP contribution in [0.1, 0.15) is 29.8 Å². The fourth-order valence-electron chi connectivity index (χ4n) is 1.50. The Hall–Kier alpha value is -1.08. The third-order valence-electron chi connectivity index (χ3n) is 2.37. The zero-order chi connectivity index (χ0) is 15.3. The van der Waals surface area contributed by atoms with Gasteiger partial charge < -0.3 is 10.1 Å². The monoisotopic (exact) mass is 353 g/mol. The quantitative estimate of drug-likeness (QED) is 0.821. The molecule has 1 N–H and O–H groups in total. The number of halogens is 4. The molecular formula is C13H15BrF3NO2. The molecule has 20 heavy (non-hydrogen) atoms. The summed E-state index contributed by atoms with van der Waals surface area (Å²) in [7, 11) is 0. The van der Waals surface area contributed by atoms with Crippen LogP contribution in [0.5, 0.6) is 0 Å². The number of nitrogens with one attached hydrogen (secondary N) is 1. The summed E-state index contributed by atoms with van der Waals surface area (Å²) in [6.07, 6.45) is -4.57. The lowest BCUT2D eigenvalue weighted by Crippen LogP contribution is -2.30. The maximum Gasteiger partial charge on any atom is 0.417 e. The fraction of sp³-hybridized carbons (Fsp3) is 0.462. The molecule has 0 spiro atoms. The second kappa shape index (κ2) is 7.08. The number of hydrogen-bond acceptors (Lipinski definition) is 2. The summed E-state index contributed by atoms with van der Waals surface area (Å²) in [5.41, 5.74) is -1.36. The van der Waals surface area contributed by atoms with Crippen LogP contribution in [0.2, 0.25) is 0 Å². The van der Waals surface area contributed by atoms with Gasteiger partial charge in [0.1, 0.15) is 0 Å². The first-order valence-corrected chi connectivity index (χ1v) is 6.77. The molecule has 0 heterocycles. The van der Waals surface area contributed by atoms with Crippen LogP contribution in [-0.4, -0.2) is 25.2 Å². The first-order chi connectivity index (χ1) is 9.21. The molecule has 7 heteroatoms. The maximum atomic E-state index is 12.9. The van der Waals surface area contributed by atoms with Gasteiger partial charge in [-0.15, -0.1) is 0 Å². The van der Waals surface area contributed by atoms with Crippen LogP contribution >= 0.6 is 15.9 Å². The summed E-state index contributed by atoms with van der Waals surface area (Å²) >= 11 is 2.97. The van der Waals surface area contributed by atoms with Gasteiger partial charge in [-0.3, -0.25) is 4.79 Å². The normalized spacial score (nSPS) is 11.8. The molecule has 0 fully saturated rings. The summed E-state index contributed by atoms with van der Waals surface area (Å²) in [6, 6.07) is 3.43. The highest BCUT2D eigenvalue weighted by atomic mass is 79.9. The van der Waals surface area contributed by atoms with Crippen LogP contribution in [0.15, 0.2) is 22.7 Å². The van der Waals surface area contributed by atoms with E-state index in [-0.39, 0.29) is 23.7 Å². The van der Waals surface area contributed by atoms with Crippen LogP contribution < -0.4 is 5.32 Å². The SMILES string of the molecule is CC(C)OCCNC(=O)c1ccc(Br)cc1C(F)(F)F. The smallest absolute Gasteiger partial charge is 0.377 e. The van der Waals surface area contributed by atoms with Gasteiger partial charge in [0, 0.05) is 11.0 Å². The van der Waals surface area contributed by atoms with E-state index in [9.17, 15) is 18.0 Å². The van der Waals surface area contributed by atoms with Crippen molar-refractivity contribution in [2.45, 2.75) is 26.1 Å². The number of amides is 1. The lowest BCUT2D eigenvalue weighted by atomic mass is 10.1. The van der Waals surface area contributed by atoms with Gasteiger partial charge in [0.15, 0.2) is 0 Å². The molecule has 1 aromatic rings. The largest absolute Gasteiger partial charge is 0.417 e. The minimum absolute atomic E-state index is 0.00492. The highest BCUT2D eigenvalue weighted by Gasteiger charge is 2.35. The summed E-state index contributed by atoms with van der Waals surface area (Å²) in [5.74, 6) is -0.766. The molecule has 0 aliphatic carbocycles. The Morgan fingerprint density at radius 2 is 2.05 bits per heavy atom. The molecule has 0 radical (unpaired) electrons. The predicted octanol–water partition coefficient (Wildman–Crippen LogP) is 3.62. The third-order valence-corrected chi connectivity index (χ3v) is 2.86. The van der Waals surface area contributed by atoms with Crippen molar-refractivity contribution in [2.24, 2.45) is 0 Å². The molecule has 3 nitrogen and oxygen atoms in total. The topological polar surface area (TPSA) is 38.3 Å². The third kappa shape index (κ3) is 5.13. The molecule has 0 aromatic heterocycles. The van der Waals surface area contributed by atoms with E-state index < -0.39 is 23.2 Å². The Labute approximate surface area is 123 Å². The van der Waals surface area contributed by atoms with Crippen molar-refractivity contribution in [2.75, 3.05) is 13.2 Å². The Morgan fingerprint density at radius 3 is 2.60 bits per heavy atom. The van der Waals surface area contributed by atoms with Gasteiger partial charge in [0.05, 0.1) is 23.8 Å². The molecule has 0 unspecified atom stereocenters. The summed E-state index contributed by atoms with van der Waals surface area (Å²) in [6.45, 7) is 4.07. The molecule has 1 rings (SSSR count). The van der Waals surface area contributed by atoms with Crippen molar-refractivity contribution in [3.05, 3.63) is 33.8 Å². The van der Waals surface area contributed by atoms with Crippen molar-refractivity contribution in [1.82, 2.24) is 5.32 Å². The van der Waals surface area contributed by atoms with E-state index in [1.54, 1.807) is 0 Å². The molecule has 112 valence electrons. The summed E-state index contributed by atoms with van der Waals surface area (Å²) in [4.78, 5) is 11.8. The Balaban J connectivity index is 2.78. The van der Waals surface area contributed by atoms with Crippen molar-refractivity contribution in [1.29, 1.82) is 0 Å². The molecule has 0 saturated heterocycles. The zero-order valence-corrected chi connectivity index (χ0v) is 12.6. The van der Waals surface area contributed by atoms with Crippen LogP contribution in [0.4, 0.5) is 13.2 Å². The average Bonchev–Trinajstić information content (AvgIpc) is 2.33. The number of rotatable bonds is 5. The summed E-state index contributed by atoms with van der Waals surface area (Å²) in [5, 5.41) is 2.41. The number of carbonyl (C=O) groups excluding carboxylic acids is 1. The van der Waals surface area contributed by atoms with Crippen LogP contribution in [0.3, 0.4) is 0 Å². The number of carbonyl (C=O) groups is 1. The number of ether oxygens (including phenoxy) is 1. The zero-order valence-electron chi connectivity index (χ0n) is 11.1. The average molecular weight is 354 g/mol. The molecule has 0 aliphatic heterocycles. The second-order valence-corrected chi connectivity index (χ2v) is 5.28. The maximum absolute atomic E-state index is 12.9. The predicted molar refractivity (Wildman–Crippen MR) is 72.6 cm³/mol. The molecule has 1 amide bonds. The minimum atomic E-state index is -4.58. The lowest BCUT2D eigenvalue weighted by molar-refractivity contribution is -0.138. The van der Waals surface area contributed by atoms with Crippen molar-refractivity contribution in [3.63, 3.8) is 0 Å². The Morgan fingerprint density at radius 1 is 1.40 bits per heavy atom. The van der Waals surface area contributed by atoms with Gasteiger partial charge in [-0.1, -0.05) is 15.9 Å². The van der Waals surface area contributed by atoms with E-state index in [1.807, 2.05) is 13.8 Å². The van der Waals surface area contributed by atoms with E-state index in [2.05, 4.69) is 21.2 Å². The molecule has 0 bridgehead atoms. The number of hydrogen-bond donors (Lipinski definition) is 1. The van der Waals surface area contributed by atoms with Crippen molar-refractivity contribution < 1.29 is 22.7 Å². The number of alkyl halides is 3. The van der Waals surface area contributed by atoms with Crippen molar-refractivity contribution in [3.8, 4) is 0 Å². The standard InChI is InChI=1S/C13H15BrF3NO2/c1-8(2)20-6-5-18-12(19)10-4-3-9(14)7-11(10)13(15,16)17/h3-4,7-8H,5-6H2,1-2H3,(H,18,19).